The maximum atomic E-state index is 12.8. The Hall–Kier alpha value is -1.63. The lowest BCUT2D eigenvalue weighted by atomic mass is 9.52. The van der Waals surface area contributed by atoms with E-state index in [4.69, 9.17) is 0 Å². The van der Waals surface area contributed by atoms with Crippen LogP contribution in [0.5, 0.6) is 5.75 Å². The second kappa shape index (κ2) is 7.21. The van der Waals surface area contributed by atoms with Gasteiger partial charge in [-0.25, -0.2) is 0 Å². The molecule has 6 heteroatoms. The van der Waals surface area contributed by atoms with Crippen LogP contribution in [0.2, 0.25) is 0 Å². The maximum absolute atomic E-state index is 12.8. The van der Waals surface area contributed by atoms with Gasteiger partial charge in [-0.15, -0.1) is 0 Å². The molecule has 3 atom stereocenters. The number of likely N-dealkylation sites (N-methyl/N-ethyl adjacent to an activating group) is 1. The summed E-state index contributed by atoms with van der Waals surface area (Å²) < 4.78 is 0. The van der Waals surface area contributed by atoms with E-state index in [1.807, 2.05) is 30.0 Å². The lowest BCUT2D eigenvalue weighted by molar-refractivity contribution is -0.149. The molecule has 1 aromatic carbocycles. The van der Waals surface area contributed by atoms with Gasteiger partial charge in [0.05, 0.1) is 12.1 Å². The van der Waals surface area contributed by atoms with Gasteiger partial charge < -0.3 is 20.0 Å². The van der Waals surface area contributed by atoms with Gasteiger partial charge in [0.15, 0.2) is 0 Å². The molecule has 2 bridgehead atoms. The predicted molar refractivity (Wildman–Crippen MR) is 116 cm³/mol. The van der Waals surface area contributed by atoms with E-state index in [2.05, 4.69) is 11.0 Å². The van der Waals surface area contributed by atoms with Gasteiger partial charge in [-0.2, -0.15) is 0 Å². The molecule has 5 rings (SSSR count). The molecule has 2 heterocycles. The molecule has 0 spiro atoms. The minimum absolute atomic E-state index is 0.0905. The summed E-state index contributed by atoms with van der Waals surface area (Å²) in [6.07, 6.45) is 5.69. The molecule has 3 fully saturated rings. The van der Waals surface area contributed by atoms with E-state index in [-0.39, 0.29) is 17.7 Å². The van der Waals surface area contributed by atoms with Gasteiger partial charge in [0.2, 0.25) is 5.91 Å². The molecular weight excluding hydrogens is 378 g/mol. The second-order valence-electron chi connectivity index (χ2n) is 10.4. The van der Waals surface area contributed by atoms with Crippen molar-refractivity contribution in [3.63, 3.8) is 0 Å². The fourth-order valence-electron chi connectivity index (χ4n) is 6.49. The number of likely N-dealkylation sites (tertiary alicyclic amines) is 2. The van der Waals surface area contributed by atoms with Gasteiger partial charge in [0, 0.05) is 31.1 Å². The molecule has 30 heavy (non-hydrogen) atoms. The number of benzene rings is 1. The lowest BCUT2D eigenvalue weighted by Gasteiger charge is -2.61. The first kappa shape index (κ1) is 20.3. The molecule has 6 nitrogen and oxygen atoms in total. The zero-order valence-corrected chi connectivity index (χ0v) is 18.3. The highest BCUT2D eigenvalue weighted by Gasteiger charge is 2.63. The monoisotopic (exact) mass is 413 g/mol. The third-order valence-corrected chi connectivity index (χ3v) is 8.23. The van der Waals surface area contributed by atoms with Crippen LogP contribution in [-0.2, 0) is 16.6 Å². The number of carbonyl (C=O) groups is 1. The van der Waals surface area contributed by atoms with Gasteiger partial charge in [-0.3, -0.25) is 9.69 Å². The smallest absolute Gasteiger partial charge is 0.236 e. The Morgan fingerprint density at radius 2 is 1.90 bits per heavy atom. The minimum Gasteiger partial charge on any atom is -0.508 e. The zero-order chi connectivity index (χ0) is 21.1. The molecule has 1 aromatic rings. The summed E-state index contributed by atoms with van der Waals surface area (Å²) >= 11 is 0. The normalized spacial score (nSPS) is 33.7. The maximum Gasteiger partial charge on any atom is 0.236 e. The van der Waals surface area contributed by atoms with Gasteiger partial charge >= 0.3 is 0 Å². The molecule has 2 N–H and O–H groups in total. The van der Waals surface area contributed by atoms with Crippen molar-refractivity contribution in [2.75, 3.05) is 46.8 Å². The van der Waals surface area contributed by atoms with Gasteiger partial charge in [-0.05, 0) is 88.3 Å². The first-order chi connectivity index (χ1) is 14.3. The molecule has 0 unspecified atom stereocenters. The zero-order valence-electron chi connectivity index (χ0n) is 18.3. The fourth-order valence-corrected chi connectivity index (χ4v) is 6.49. The summed E-state index contributed by atoms with van der Waals surface area (Å²) in [5.41, 5.74) is 1.12. The van der Waals surface area contributed by atoms with E-state index < -0.39 is 11.0 Å². The highest BCUT2D eigenvalue weighted by Crippen LogP contribution is 2.56. The first-order valence-electron chi connectivity index (χ1n) is 11.5. The number of hydrogen-bond donors (Lipinski definition) is 2. The molecule has 1 saturated carbocycles. The Balaban J connectivity index is 1.54. The number of rotatable bonds is 4. The SMILES string of the molecule is CN(C)CC(=O)N1CC[C@]23CCN(CC4CC4)[C@H](Cc4ccc(O)cc42)[C@]3(O)CC1. The molecule has 0 aromatic heterocycles. The summed E-state index contributed by atoms with van der Waals surface area (Å²) in [7, 11) is 3.84. The Morgan fingerprint density at radius 1 is 1.17 bits per heavy atom. The van der Waals surface area contributed by atoms with Gasteiger partial charge in [-0.1, -0.05) is 6.07 Å². The van der Waals surface area contributed by atoms with Crippen molar-refractivity contribution in [2.24, 2.45) is 5.92 Å². The van der Waals surface area contributed by atoms with Crippen LogP contribution in [0.15, 0.2) is 18.2 Å². The van der Waals surface area contributed by atoms with Crippen LogP contribution >= 0.6 is 0 Å². The van der Waals surface area contributed by atoms with Crippen molar-refractivity contribution in [1.29, 1.82) is 0 Å². The van der Waals surface area contributed by atoms with Crippen molar-refractivity contribution in [2.45, 2.75) is 55.6 Å². The van der Waals surface area contributed by atoms with Crippen molar-refractivity contribution in [1.82, 2.24) is 14.7 Å². The Morgan fingerprint density at radius 3 is 2.63 bits per heavy atom. The predicted octanol–water partition coefficient (Wildman–Crippen LogP) is 1.59. The van der Waals surface area contributed by atoms with Crippen LogP contribution in [0.3, 0.4) is 0 Å². The molecular formula is C24H35N3O3. The molecule has 2 aliphatic carbocycles. The van der Waals surface area contributed by atoms with E-state index in [1.54, 1.807) is 6.07 Å². The van der Waals surface area contributed by atoms with Crippen molar-refractivity contribution in [3.8, 4) is 5.75 Å². The third kappa shape index (κ3) is 3.15. The summed E-state index contributed by atoms with van der Waals surface area (Å²) in [4.78, 5) is 19.2. The number of phenols is 1. The number of aromatic hydroxyl groups is 1. The highest BCUT2D eigenvalue weighted by molar-refractivity contribution is 5.78. The van der Waals surface area contributed by atoms with E-state index in [0.717, 1.165) is 43.8 Å². The number of nitrogens with zero attached hydrogens (tertiary/aromatic N) is 3. The molecule has 164 valence electrons. The Kier molecular flexibility index (Phi) is 4.88. The Labute approximate surface area is 179 Å². The summed E-state index contributed by atoms with van der Waals surface area (Å²) in [5, 5.41) is 22.7. The van der Waals surface area contributed by atoms with Crippen LogP contribution in [0, 0.1) is 5.92 Å². The number of phenolic OH excluding ortho intramolecular Hbond substituents is 1. The highest BCUT2D eigenvalue weighted by atomic mass is 16.3. The van der Waals surface area contributed by atoms with Crippen molar-refractivity contribution >= 4 is 5.91 Å². The van der Waals surface area contributed by atoms with E-state index in [0.29, 0.717) is 26.1 Å². The lowest BCUT2D eigenvalue weighted by Crippen LogP contribution is -2.71. The number of piperidine rings is 1. The molecule has 2 aliphatic heterocycles. The van der Waals surface area contributed by atoms with Gasteiger partial charge in [0.25, 0.3) is 0 Å². The molecule has 1 amide bonds. The summed E-state index contributed by atoms with van der Waals surface area (Å²) in [5.74, 6) is 1.19. The second-order valence-corrected chi connectivity index (χ2v) is 10.4. The van der Waals surface area contributed by atoms with Gasteiger partial charge in [0.1, 0.15) is 5.75 Å². The van der Waals surface area contributed by atoms with Crippen molar-refractivity contribution in [3.05, 3.63) is 29.3 Å². The number of fused-ring (bicyclic) bond motifs is 1. The number of carbonyl (C=O) groups excluding carboxylic acids is 1. The topological polar surface area (TPSA) is 67.3 Å². The van der Waals surface area contributed by atoms with E-state index in [1.165, 1.54) is 18.4 Å². The van der Waals surface area contributed by atoms with Crippen molar-refractivity contribution < 1.29 is 15.0 Å². The quantitative estimate of drug-likeness (QED) is 0.785. The fraction of sp³-hybridized carbons (Fsp3) is 0.708. The molecule has 0 radical (unpaired) electrons. The van der Waals surface area contributed by atoms with E-state index in [9.17, 15) is 15.0 Å². The summed E-state index contributed by atoms with van der Waals surface area (Å²) in [6, 6.07) is 5.82. The average Bonchev–Trinajstić information content (AvgIpc) is 3.50. The third-order valence-electron chi connectivity index (χ3n) is 8.23. The van der Waals surface area contributed by atoms with Crippen LogP contribution in [-0.4, -0.2) is 89.3 Å². The van der Waals surface area contributed by atoms with Crippen LogP contribution in [0.1, 0.15) is 43.2 Å². The number of hydrogen-bond acceptors (Lipinski definition) is 5. The molecule has 2 saturated heterocycles. The Bertz CT molecular complexity index is 839. The van der Waals surface area contributed by atoms with Crippen LogP contribution in [0.25, 0.3) is 0 Å². The largest absolute Gasteiger partial charge is 0.508 e. The standard InChI is InChI=1S/C24H35N3O3/c1-25(2)16-22(29)26-10-7-23-8-11-27(15-17-3-4-17)21(24(23,30)9-12-26)13-18-5-6-19(28)14-20(18)23/h5-6,14,17,21,28,30H,3-4,7-13,15-16H2,1-2H3/t21-,23+,24-/m1/s1. The van der Waals surface area contributed by atoms with Crippen LogP contribution < -0.4 is 0 Å². The minimum atomic E-state index is -0.867. The summed E-state index contributed by atoms with van der Waals surface area (Å²) in [6.45, 7) is 3.75. The molecule has 4 aliphatic rings. The number of aliphatic hydroxyl groups is 1. The van der Waals surface area contributed by atoms with E-state index >= 15 is 0 Å². The first-order valence-corrected chi connectivity index (χ1v) is 11.5. The number of amides is 1. The average molecular weight is 414 g/mol. The van der Waals surface area contributed by atoms with Crippen LogP contribution in [0.4, 0.5) is 0 Å².